The number of halogens is 1. The van der Waals surface area contributed by atoms with Crippen LogP contribution in [0.1, 0.15) is 48.7 Å². The van der Waals surface area contributed by atoms with Crippen LogP contribution in [-0.4, -0.2) is 12.1 Å². The summed E-state index contributed by atoms with van der Waals surface area (Å²) in [5.74, 6) is 0.444. The van der Waals surface area contributed by atoms with Crippen LogP contribution in [0.3, 0.4) is 0 Å². The van der Waals surface area contributed by atoms with E-state index in [1.165, 1.54) is 17.7 Å². The fourth-order valence-corrected chi connectivity index (χ4v) is 4.05. The molecule has 2 N–H and O–H groups in total. The third kappa shape index (κ3) is 3.35. The van der Waals surface area contributed by atoms with Crippen molar-refractivity contribution in [3.63, 3.8) is 0 Å². The van der Waals surface area contributed by atoms with Crippen LogP contribution in [0.5, 0.6) is 5.75 Å². The summed E-state index contributed by atoms with van der Waals surface area (Å²) in [6.45, 7) is 2.13. The number of hydrogen-bond acceptors (Lipinski definition) is 3. The van der Waals surface area contributed by atoms with Crippen molar-refractivity contribution in [1.29, 1.82) is 0 Å². The molecule has 1 aromatic heterocycles. The summed E-state index contributed by atoms with van der Waals surface area (Å²) in [4.78, 5) is 15.3. The highest BCUT2D eigenvalue weighted by Crippen LogP contribution is 2.35. The fraction of sp³-hybridized carbons (Fsp3) is 0.318. The number of H-pyrrole nitrogens is 1. The molecule has 1 aliphatic rings. The van der Waals surface area contributed by atoms with Gasteiger partial charge in [-0.3, -0.25) is 4.79 Å². The topological polar surface area (TPSA) is 54.1 Å². The number of ether oxygens (including phenoxy) is 1. The maximum atomic E-state index is 13.7. The van der Waals surface area contributed by atoms with Crippen molar-refractivity contribution < 1.29 is 9.13 Å². The van der Waals surface area contributed by atoms with Crippen LogP contribution in [0.4, 0.5) is 4.39 Å². The maximum absolute atomic E-state index is 13.7. The molecule has 3 aromatic rings. The summed E-state index contributed by atoms with van der Waals surface area (Å²) < 4.78 is 18.9. The Kier molecular flexibility index (Phi) is 4.70. The molecule has 2 atom stereocenters. The zero-order valence-electron chi connectivity index (χ0n) is 15.5. The number of nitrogens with one attached hydrogen (secondary N) is 2. The van der Waals surface area contributed by atoms with Gasteiger partial charge in [0.1, 0.15) is 11.6 Å². The number of hydrogen-bond donors (Lipinski definition) is 2. The van der Waals surface area contributed by atoms with E-state index in [4.69, 9.17) is 4.74 Å². The van der Waals surface area contributed by atoms with Crippen LogP contribution in [0.25, 0.3) is 10.8 Å². The maximum Gasteiger partial charge on any atom is 0.256 e. The molecule has 0 aliphatic heterocycles. The van der Waals surface area contributed by atoms with Crippen LogP contribution >= 0.6 is 0 Å². The van der Waals surface area contributed by atoms with Gasteiger partial charge < -0.3 is 15.0 Å². The molecule has 0 fully saturated rings. The average Bonchev–Trinajstić information content (AvgIpc) is 2.68. The zero-order chi connectivity index (χ0) is 19.0. The van der Waals surface area contributed by atoms with E-state index in [1.807, 2.05) is 12.1 Å². The van der Waals surface area contributed by atoms with Crippen molar-refractivity contribution >= 4 is 10.8 Å². The Morgan fingerprint density at radius 1 is 1.19 bits per heavy atom. The molecule has 0 spiro atoms. The first-order valence-electron chi connectivity index (χ1n) is 9.31. The van der Waals surface area contributed by atoms with Gasteiger partial charge in [-0.15, -0.1) is 0 Å². The molecule has 1 aliphatic carbocycles. The first-order chi connectivity index (χ1) is 13.1. The van der Waals surface area contributed by atoms with Gasteiger partial charge in [-0.05, 0) is 67.0 Å². The molecule has 5 heteroatoms. The Balaban J connectivity index is 1.71. The van der Waals surface area contributed by atoms with E-state index in [1.54, 1.807) is 13.2 Å². The Labute approximate surface area is 157 Å². The van der Waals surface area contributed by atoms with Crippen LogP contribution < -0.4 is 15.6 Å². The second-order valence-corrected chi connectivity index (χ2v) is 7.14. The van der Waals surface area contributed by atoms with Crippen LogP contribution in [0.15, 0.2) is 47.3 Å². The largest absolute Gasteiger partial charge is 0.497 e. The minimum atomic E-state index is -0.389. The van der Waals surface area contributed by atoms with E-state index in [0.29, 0.717) is 5.39 Å². The Morgan fingerprint density at radius 3 is 2.70 bits per heavy atom. The fourth-order valence-electron chi connectivity index (χ4n) is 4.05. The summed E-state index contributed by atoms with van der Waals surface area (Å²) in [6, 6.07) is 12.8. The lowest BCUT2D eigenvalue weighted by atomic mass is 9.87. The van der Waals surface area contributed by atoms with Gasteiger partial charge in [0, 0.05) is 17.8 Å². The second kappa shape index (κ2) is 7.16. The summed E-state index contributed by atoms with van der Waals surface area (Å²) in [5.41, 5.74) is 3.01. The molecule has 4 rings (SSSR count). The predicted molar refractivity (Wildman–Crippen MR) is 105 cm³/mol. The number of rotatable bonds is 4. The van der Waals surface area contributed by atoms with Crippen molar-refractivity contribution in [2.75, 3.05) is 7.11 Å². The molecule has 1 heterocycles. The van der Waals surface area contributed by atoms with Gasteiger partial charge in [0.15, 0.2) is 0 Å². The van der Waals surface area contributed by atoms with Gasteiger partial charge >= 0.3 is 0 Å². The summed E-state index contributed by atoms with van der Waals surface area (Å²) >= 11 is 0. The SMILES string of the molecule is COc1ccc([C@@H](C)N[C@@H]2CCCc3[nH]c(=O)c4cc(F)ccc4c32)cc1. The monoisotopic (exact) mass is 366 g/mol. The molecule has 140 valence electrons. The van der Waals surface area contributed by atoms with Crippen molar-refractivity contribution in [1.82, 2.24) is 10.3 Å². The third-order valence-electron chi connectivity index (χ3n) is 5.44. The number of fused-ring (bicyclic) bond motifs is 3. The molecule has 0 saturated heterocycles. The first kappa shape index (κ1) is 17.7. The van der Waals surface area contributed by atoms with E-state index in [9.17, 15) is 9.18 Å². The number of pyridine rings is 1. The number of methoxy groups -OCH3 is 1. The summed E-state index contributed by atoms with van der Waals surface area (Å²) in [5, 5.41) is 4.96. The zero-order valence-corrected chi connectivity index (χ0v) is 15.5. The van der Waals surface area contributed by atoms with Crippen molar-refractivity contribution in [3.05, 3.63) is 75.5 Å². The molecule has 0 radical (unpaired) electrons. The van der Waals surface area contributed by atoms with Gasteiger partial charge in [0.2, 0.25) is 0 Å². The smallest absolute Gasteiger partial charge is 0.256 e. The minimum Gasteiger partial charge on any atom is -0.497 e. The van der Waals surface area contributed by atoms with Gasteiger partial charge in [-0.2, -0.15) is 0 Å². The molecule has 0 amide bonds. The molecular weight excluding hydrogens is 343 g/mol. The molecule has 0 unspecified atom stereocenters. The van der Waals surface area contributed by atoms with Gasteiger partial charge in [0.25, 0.3) is 5.56 Å². The number of aromatic amines is 1. The molecule has 0 saturated carbocycles. The number of aromatic nitrogens is 1. The van der Waals surface area contributed by atoms with Gasteiger partial charge in [0.05, 0.1) is 12.5 Å². The number of aryl methyl sites for hydroxylation is 1. The van der Waals surface area contributed by atoms with E-state index in [-0.39, 0.29) is 23.5 Å². The number of benzene rings is 2. The van der Waals surface area contributed by atoms with E-state index in [2.05, 4.69) is 29.4 Å². The van der Waals surface area contributed by atoms with Crippen molar-refractivity contribution in [3.8, 4) is 5.75 Å². The molecule has 0 bridgehead atoms. The van der Waals surface area contributed by atoms with Crippen molar-refractivity contribution in [2.45, 2.75) is 38.3 Å². The summed E-state index contributed by atoms with van der Waals surface area (Å²) in [7, 11) is 1.66. The lowest BCUT2D eigenvalue weighted by Gasteiger charge is -2.30. The molecule has 2 aromatic carbocycles. The second-order valence-electron chi connectivity index (χ2n) is 7.14. The quantitative estimate of drug-likeness (QED) is 0.719. The molecular formula is C22H23FN2O2. The van der Waals surface area contributed by atoms with Crippen molar-refractivity contribution in [2.24, 2.45) is 0 Å². The highest BCUT2D eigenvalue weighted by molar-refractivity contribution is 5.86. The van der Waals surface area contributed by atoms with E-state index < -0.39 is 0 Å². The van der Waals surface area contributed by atoms with Crippen LogP contribution in [0.2, 0.25) is 0 Å². The average molecular weight is 366 g/mol. The summed E-state index contributed by atoms with van der Waals surface area (Å²) in [6.07, 6.45) is 2.82. The highest BCUT2D eigenvalue weighted by Gasteiger charge is 2.25. The van der Waals surface area contributed by atoms with Crippen LogP contribution in [0, 0.1) is 5.82 Å². The lowest BCUT2D eigenvalue weighted by molar-refractivity contribution is 0.409. The third-order valence-corrected chi connectivity index (χ3v) is 5.44. The molecule has 4 nitrogen and oxygen atoms in total. The Morgan fingerprint density at radius 2 is 1.96 bits per heavy atom. The van der Waals surface area contributed by atoms with E-state index in [0.717, 1.165) is 41.7 Å². The van der Waals surface area contributed by atoms with Gasteiger partial charge in [-0.25, -0.2) is 4.39 Å². The predicted octanol–water partition coefficient (Wildman–Crippen LogP) is 4.40. The minimum absolute atomic E-state index is 0.107. The van der Waals surface area contributed by atoms with Gasteiger partial charge in [-0.1, -0.05) is 18.2 Å². The van der Waals surface area contributed by atoms with E-state index >= 15 is 0 Å². The standard InChI is InChI=1S/C22H23FN2O2/c1-13(14-6-9-16(27-2)10-7-14)24-19-4-3-5-20-21(19)17-11-8-15(23)12-18(17)22(26)25-20/h6-13,19,24H,3-5H2,1-2H3,(H,25,26)/t13-,19-/m1/s1. The lowest BCUT2D eigenvalue weighted by Crippen LogP contribution is -2.30. The normalized spacial score (nSPS) is 17.5. The van der Waals surface area contributed by atoms with Crippen LogP contribution in [-0.2, 0) is 6.42 Å². The Bertz CT molecular complexity index is 1030. The molecule has 27 heavy (non-hydrogen) atoms. The Hall–Kier alpha value is -2.66. The first-order valence-corrected chi connectivity index (χ1v) is 9.31. The highest BCUT2D eigenvalue weighted by atomic mass is 19.1.